The van der Waals surface area contributed by atoms with Crippen LogP contribution in [-0.2, 0) is 20.2 Å². The molecule has 1 aromatic heterocycles. The monoisotopic (exact) mass is 474 g/mol. The molecule has 4 fully saturated rings. The van der Waals surface area contributed by atoms with Gasteiger partial charge in [-0.1, -0.05) is 23.5 Å². The summed E-state index contributed by atoms with van der Waals surface area (Å²) in [5.74, 6) is 2.22. The van der Waals surface area contributed by atoms with Crippen LogP contribution in [-0.4, -0.2) is 31.1 Å². The quantitative estimate of drug-likeness (QED) is 0.633. The van der Waals surface area contributed by atoms with Crippen LogP contribution in [0.2, 0.25) is 0 Å². The van der Waals surface area contributed by atoms with Gasteiger partial charge in [0, 0.05) is 18.4 Å². The average molecular weight is 475 g/mol. The molecule has 0 spiro atoms. The highest BCUT2D eigenvalue weighted by Crippen LogP contribution is 2.61. The first kappa shape index (κ1) is 22.0. The summed E-state index contributed by atoms with van der Waals surface area (Å²) >= 11 is 1.50. The number of nitrogens with zero attached hydrogens (tertiary/aromatic N) is 2. The molecule has 0 aliphatic heterocycles. The lowest BCUT2D eigenvalue weighted by molar-refractivity contribution is -0.116. The Bertz CT molecular complexity index is 1110. The predicted molar refractivity (Wildman–Crippen MR) is 124 cm³/mol. The second kappa shape index (κ2) is 8.18. The maximum absolute atomic E-state index is 12.6. The molecule has 6 rings (SSSR count). The molecule has 32 heavy (non-hydrogen) atoms. The third kappa shape index (κ3) is 4.22. The van der Waals surface area contributed by atoms with Gasteiger partial charge in [0.2, 0.25) is 21.1 Å². The molecular formula is C23H30N4O3S2. The van der Waals surface area contributed by atoms with Crippen LogP contribution in [0.5, 0.6) is 0 Å². The van der Waals surface area contributed by atoms with Crippen LogP contribution >= 0.6 is 11.3 Å². The molecule has 4 aliphatic rings. The normalized spacial score (nSPS) is 28.8. The highest BCUT2D eigenvalue weighted by Gasteiger charge is 2.53. The molecule has 1 aromatic carbocycles. The second-order valence-corrected chi connectivity index (χ2v) is 12.8. The van der Waals surface area contributed by atoms with Crippen molar-refractivity contribution >= 4 is 32.4 Å². The zero-order chi connectivity index (χ0) is 22.5. The summed E-state index contributed by atoms with van der Waals surface area (Å²) in [5.41, 5.74) is 1.72. The van der Waals surface area contributed by atoms with Crippen LogP contribution in [0.1, 0.15) is 61.1 Å². The first-order valence-corrected chi connectivity index (χ1v) is 13.7. The summed E-state index contributed by atoms with van der Waals surface area (Å²) in [6.45, 7) is 3.64. The summed E-state index contributed by atoms with van der Waals surface area (Å²) in [5, 5.41) is 13.1. The van der Waals surface area contributed by atoms with Crippen molar-refractivity contribution in [3.8, 4) is 0 Å². The molecule has 0 saturated heterocycles. The van der Waals surface area contributed by atoms with Crippen molar-refractivity contribution in [3.63, 3.8) is 0 Å². The van der Waals surface area contributed by atoms with Gasteiger partial charge >= 0.3 is 0 Å². The lowest BCUT2D eigenvalue weighted by Crippen LogP contribution is -2.48. The molecular weight excluding hydrogens is 444 g/mol. The SMILES string of the molecule is Cc1ccc(C)c(S(=O)(=O)NCCC(=O)Nc2nnc(C34CC5CC(CC(C5)C3)C4)s2)c1. The molecule has 2 aromatic rings. The Labute approximate surface area is 193 Å². The fraction of sp³-hybridized carbons (Fsp3) is 0.609. The van der Waals surface area contributed by atoms with Gasteiger partial charge in [-0.15, -0.1) is 10.2 Å². The average Bonchev–Trinajstić information content (AvgIpc) is 3.18. The Morgan fingerprint density at radius 3 is 2.41 bits per heavy atom. The Balaban J connectivity index is 1.17. The summed E-state index contributed by atoms with van der Waals surface area (Å²) < 4.78 is 27.7. The van der Waals surface area contributed by atoms with Gasteiger partial charge in [-0.25, -0.2) is 13.1 Å². The zero-order valence-electron chi connectivity index (χ0n) is 18.6. The van der Waals surface area contributed by atoms with E-state index in [-0.39, 0.29) is 29.2 Å². The van der Waals surface area contributed by atoms with Crippen LogP contribution in [0, 0.1) is 31.6 Å². The summed E-state index contributed by atoms with van der Waals surface area (Å²) in [6, 6.07) is 5.31. The van der Waals surface area contributed by atoms with Crippen LogP contribution in [0.4, 0.5) is 5.13 Å². The minimum absolute atomic E-state index is 0.0299. The van der Waals surface area contributed by atoms with E-state index in [4.69, 9.17) is 0 Å². The first-order valence-electron chi connectivity index (χ1n) is 11.4. The molecule has 0 atom stereocenters. The van der Waals surface area contributed by atoms with Gasteiger partial charge in [0.05, 0.1) is 4.90 Å². The lowest BCUT2D eigenvalue weighted by atomic mass is 9.50. The summed E-state index contributed by atoms with van der Waals surface area (Å²) in [4.78, 5) is 12.7. The number of rotatable bonds is 7. The van der Waals surface area contributed by atoms with Crippen LogP contribution in [0.3, 0.4) is 0 Å². The number of sulfonamides is 1. The van der Waals surface area contributed by atoms with Gasteiger partial charge in [0.25, 0.3) is 0 Å². The van der Waals surface area contributed by atoms with E-state index in [1.807, 2.05) is 13.0 Å². The number of carbonyl (C=O) groups is 1. The van der Waals surface area contributed by atoms with Crippen LogP contribution < -0.4 is 10.0 Å². The molecule has 172 valence electrons. The number of benzene rings is 1. The molecule has 1 heterocycles. The third-order valence-corrected chi connectivity index (χ3v) is 10.1. The minimum atomic E-state index is -3.66. The third-order valence-electron chi connectivity index (χ3n) is 7.44. The number of anilines is 1. The van der Waals surface area contributed by atoms with E-state index in [0.717, 1.165) is 28.3 Å². The molecule has 4 bridgehead atoms. The molecule has 2 N–H and O–H groups in total. The standard InChI is InChI=1S/C23H30N4O3S2/c1-14-3-4-15(2)19(7-14)32(29,30)24-6-5-20(28)25-22-27-26-21(31-22)23-11-16-8-17(12-23)10-18(9-16)13-23/h3-4,7,16-18,24H,5-6,8-13H2,1-2H3,(H,25,27,28). The van der Waals surface area contributed by atoms with Crippen LogP contribution in [0.25, 0.3) is 0 Å². The number of aryl methyl sites for hydroxylation is 2. The number of hydrogen-bond donors (Lipinski definition) is 2. The Hall–Kier alpha value is -1.84. The highest BCUT2D eigenvalue weighted by molar-refractivity contribution is 7.89. The van der Waals surface area contributed by atoms with Crippen molar-refractivity contribution in [3.05, 3.63) is 34.3 Å². The van der Waals surface area contributed by atoms with Gasteiger partial charge in [-0.3, -0.25) is 4.79 Å². The van der Waals surface area contributed by atoms with Gasteiger partial charge < -0.3 is 5.32 Å². The maximum atomic E-state index is 12.6. The van der Waals surface area contributed by atoms with Crippen molar-refractivity contribution in [2.75, 3.05) is 11.9 Å². The fourth-order valence-electron chi connectivity index (χ4n) is 6.42. The van der Waals surface area contributed by atoms with E-state index in [1.165, 1.54) is 49.9 Å². The zero-order valence-corrected chi connectivity index (χ0v) is 20.2. The second-order valence-electron chi connectivity index (χ2n) is 10.1. The van der Waals surface area contributed by atoms with Crippen molar-refractivity contribution in [2.24, 2.45) is 17.8 Å². The number of nitrogens with one attached hydrogen (secondary N) is 2. The number of hydrogen-bond acceptors (Lipinski definition) is 6. The number of carbonyl (C=O) groups excluding carboxylic acids is 1. The van der Waals surface area contributed by atoms with Gasteiger partial charge in [-0.05, 0) is 87.3 Å². The highest BCUT2D eigenvalue weighted by atomic mass is 32.2. The van der Waals surface area contributed by atoms with E-state index in [0.29, 0.717) is 10.7 Å². The van der Waals surface area contributed by atoms with E-state index < -0.39 is 10.0 Å². The molecule has 1 amide bonds. The molecule has 4 saturated carbocycles. The van der Waals surface area contributed by atoms with Crippen LogP contribution in [0.15, 0.2) is 23.1 Å². The van der Waals surface area contributed by atoms with E-state index in [9.17, 15) is 13.2 Å². The first-order chi connectivity index (χ1) is 15.2. The van der Waals surface area contributed by atoms with Crippen molar-refractivity contribution in [1.29, 1.82) is 0 Å². The largest absolute Gasteiger partial charge is 0.300 e. The summed E-state index contributed by atoms with van der Waals surface area (Å²) in [6.07, 6.45) is 7.79. The molecule has 0 radical (unpaired) electrons. The van der Waals surface area contributed by atoms with Crippen molar-refractivity contribution in [2.45, 2.75) is 69.1 Å². The van der Waals surface area contributed by atoms with Crippen molar-refractivity contribution < 1.29 is 13.2 Å². The number of amides is 1. The number of aromatic nitrogens is 2. The topological polar surface area (TPSA) is 101 Å². The molecule has 7 nitrogen and oxygen atoms in total. The maximum Gasteiger partial charge on any atom is 0.240 e. The fourth-order valence-corrected chi connectivity index (χ4v) is 8.75. The summed E-state index contributed by atoms with van der Waals surface area (Å²) in [7, 11) is -3.66. The van der Waals surface area contributed by atoms with E-state index in [1.54, 1.807) is 19.1 Å². The lowest BCUT2D eigenvalue weighted by Gasteiger charge is -2.55. The smallest absolute Gasteiger partial charge is 0.240 e. The molecule has 4 aliphatic carbocycles. The Morgan fingerprint density at radius 2 is 1.75 bits per heavy atom. The Morgan fingerprint density at radius 1 is 1.09 bits per heavy atom. The predicted octanol–water partition coefficient (Wildman–Crippen LogP) is 3.93. The van der Waals surface area contributed by atoms with Crippen molar-refractivity contribution in [1.82, 2.24) is 14.9 Å². The molecule has 9 heteroatoms. The Kier molecular flexibility index (Phi) is 5.62. The van der Waals surface area contributed by atoms with Gasteiger partial charge in [0.1, 0.15) is 5.01 Å². The minimum Gasteiger partial charge on any atom is -0.300 e. The van der Waals surface area contributed by atoms with E-state index >= 15 is 0 Å². The van der Waals surface area contributed by atoms with Gasteiger partial charge in [0.15, 0.2) is 0 Å². The van der Waals surface area contributed by atoms with E-state index in [2.05, 4.69) is 20.2 Å². The van der Waals surface area contributed by atoms with Gasteiger partial charge in [-0.2, -0.15) is 0 Å². The molecule has 0 unspecified atom stereocenters.